The second-order valence-corrected chi connectivity index (χ2v) is 10.9. The van der Waals surface area contributed by atoms with Gasteiger partial charge in [0.05, 0.1) is 16.7 Å². The molecule has 0 radical (unpaired) electrons. The van der Waals surface area contributed by atoms with E-state index < -0.39 is 46.7 Å². The highest BCUT2D eigenvalue weighted by Gasteiger charge is 2.29. The van der Waals surface area contributed by atoms with E-state index in [0.29, 0.717) is 12.8 Å². The summed E-state index contributed by atoms with van der Waals surface area (Å²) in [6.45, 7) is 11.9. The molecule has 10 nitrogen and oxygen atoms in total. The lowest BCUT2D eigenvalue weighted by atomic mass is 9.91. The van der Waals surface area contributed by atoms with Crippen LogP contribution in [0.2, 0.25) is 0 Å². The predicted octanol–water partition coefficient (Wildman–Crippen LogP) is 3.82. The maximum Gasteiger partial charge on any atom is 0.362 e. The minimum atomic E-state index is -4.24. The van der Waals surface area contributed by atoms with E-state index in [4.69, 9.17) is 14.3 Å². The summed E-state index contributed by atoms with van der Waals surface area (Å²) in [6, 6.07) is 0. The Balaban J connectivity index is -0.000000134. The van der Waals surface area contributed by atoms with Gasteiger partial charge in [0, 0.05) is 5.92 Å². The van der Waals surface area contributed by atoms with E-state index in [-0.39, 0.29) is 34.1 Å². The van der Waals surface area contributed by atoms with Gasteiger partial charge in [-0.3, -0.25) is 18.7 Å². The molecule has 0 saturated carbocycles. The van der Waals surface area contributed by atoms with Crippen molar-refractivity contribution in [3.8, 4) is 0 Å². The van der Waals surface area contributed by atoms with E-state index in [0.717, 1.165) is 0 Å². The molecule has 1 atom stereocenters. The third kappa shape index (κ3) is 22.0. The van der Waals surface area contributed by atoms with Gasteiger partial charge in [0.1, 0.15) is 0 Å². The molecule has 192 valence electrons. The van der Waals surface area contributed by atoms with Crippen LogP contribution >= 0.6 is 7.60 Å². The summed E-state index contributed by atoms with van der Waals surface area (Å²) < 4.78 is 44.9. The van der Waals surface area contributed by atoms with Crippen molar-refractivity contribution in [2.45, 2.75) is 89.1 Å². The van der Waals surface area contributed by atoms with Crippen molar-refractivity contribution in [1.82, 2.24) is 5.32 Å². The van der Waals surface area contributed by atoms with Crippen molar-refractivity contribution in [2.75, 3.05) is 12.1 Å². The Morgan fingerprint density at radius 3 is 1.77 bits per heavy atom. The van der Waals surface area contributed by atoms with Crippen LogP contribution in [0.5, 0.6) is 0 Å². The summed E-state index contributed by atoms with van der Waals surface area (Å²) >= 11 is 0. The van der Waals surface area contributed by atoms with Gasteiger partial charge in [0.15, 0.2) is 6.35 Å². The van der Waals surface area contributed by atoms with Crippen LogP contribution in [0.4, 0.5) is 0 Å². The van der Waals surface area contributed by atoms with Crippen molar-refractivity contribution < 1.29 is 41.6 Å². The normalized spacial score (nSPS) is 12.5. The molecular weight excluding hydrogens is 449 g/mol. The molecule has 0 aromatic rings. The smallest absolute Gasteiger partial charge is 0.362 e. The molecule has 0 aliphatic rings. The third-order valence-corrected chi connectivity index (χ3v) is 5.42. The molecule has 0 heterocycles. The van der Waals surface area contributed by atoms with Crippen LogP contribution < -0.4 is 5.32 Å². The number of esters is 1. The van der Waals surface area contributed by atoms with Crippen LogP contribution in [-0.2, 0) is 29.0 Å². The minimum Gasteiger partial charge on any atom is -0.452 e. The zero-order valence-electron chi connectivity index (χ0n) is 17.6. The topological polar surface area (TPSA) is 167 Å². The number of hydrogen-bond acceptors (Lipinski definition) is 6. The number of amides is 1. The lowest BCUT2D eigenvalue weighted by molar-refractivity contribution is -0.152. The predicted molar refractivity (Wildman–Crippen MR) is 125 cm³/mol. The van der Waals surface area contributed by atoms with E-state index in [2.05, 4.69) is 10.1 Å². The molecule has 4 N–H and O–H groups in total. The molecule has 1 unspecified atom stereocenters. The van der Waals surface area contributed by atoms with Gasteiger partial charge in [-0.1, -0.05) is 43.1 Å². The molecular formula is C19H46NO9PS. The van der Waals surface area contributed by atoms with Crippen molar-refractivity contribution in [3.05, 3.63) is 0 Å². The van der Waals surface area contributed by atoms with Crippen molar-refractivity contribution in [1.29, 1.82) is 0 Å². The Morgan fingerprint density at radius 2 is 1.48 bits per heavy atom. The molecule has 0 saturated heterocycles. The Hall–Kier alpha value is -1.00. The van der Waals surface area contributed by atoms with Crippen LogP contribution in [0.15, 0.2) is 0 Å². The highest BCUT2D eigenvalue weighted by Crippen LogP contribution is 2.35. The molecule has 0 aromatic carbocycles. The van der Waals surface area contributed by atoms with E-state index in [1.165, 1.54) is 0 Å². The van der Waals surface area contributed by atoms with Gasteiger partial charge in [-0.15, -0.1) is 0 Å². The Labute approximate surface area is 189 Å². The average Bonchev–Trinajstić information content (AvgIpc) is 2.48. The van der Waals surface area contributed by atoms with E-state index >= 15 is 0 Å². The summed E-state index contributed by atoms with van der Waals surface area (Å²) in [4.78, 5) is 39.5. The van der Waals surface area contributed by atoms with Crippen molar-refractivity contribution in [3.63, 3.8) is 0 Å². The first-order valence-corrected chi connectivity index (χ1v) is 12.2. The zero-order chi connectivity index (χ0) is 23.0. The largest absolute Gasteiger partial charge is 0.452 e. The first-order chi connectivity index (χ1) is 12.3. The van der Waals surface area contributed by atoms with Gasteiger partial charge in [-0.05, 0) is 40.5 Å². The van der Waals surface area contributed by atoms with Gasteiger partial charge >= 0.3 is 13.6 Å². The molecule has 31 heavy (non-hydrogen) atoms. The van der Waals surface area contributed by atoms with Gasteiger partial charge in [0.25, 0.3) is 10.1 Å². The molecule has 0 rings (SSSR count). The first-order valence-electron chi connectivity index (χ1n) is 8.75. The number of rotatable bonds is 9. The number of carbonyl (C=O) groups excluding carboxylic acids is 2. The van der Waals surface area contributed by atoms with Crippen LogP contribution in [0.3, 0.4) is 0 Å². The lowest BCUT2D eigenvalue weighted by Gasteiger charge is -2.26. The Morgan fingerprint density at radius 1 is 1.06 bits per heavy atom. The lowest BCUT2D eigenvalue weighted by Crippen LogP contribution is -2.49. The molecule has 1 amide bonds. The first kappa shape index (κ1) is 40.4. The second-order valence-electron chi connectivity index (χ2n) is 7.87. The molecule has 0 aliphatic carbocycles. The molecule has 0 aliphatic heterocycles. The summed E-state index contributed by atoms with van der Waals surface area (Å²) in [6.07, 6.45) is 0.413. The van der Waals surface area contributed by atoms with Crippen LogP contribution in [0, 0.1) is 11.3 Å². The van der Waals surface area contributed by atoms with Crippen LogP contribution in [0.1, 0.15) is 83.6 Å². The van der Waals surface area contributed by atoms with Gasteiger partial charge < -0.3 is 19.8 Å². The van der Waals surface area contributed by atoms with E-state index in [1.807, 2.05) is 6.92 Å². The molecule has 0 fully saturated rings. The number of carbonyl (C=O) groups is 2. The highest BCUT2D eigenvalue weighted by molar-refractivity contribution is 7.85. The van der Waals surface area contributed by atoms with Gasteiger partial charge in [-0.2, -0.15) is 8.42 Å². The number of ether oxygens (including phenoxy) is 1. The summed E-state index contributed by atoms with van der Waals surface area (Å²) in [5, 5.41) is 2.59. The number of nitrogens with one attached hydrogen (secondary N) is 1. The SMILES string of the molecule is C.C.C.CCC(C)(C)C(=O)OCP(=O)(O)O.CCC(C)C(=O)NC(C)(C)CS(=O)(=O)O. The van der Waals surface area contributed by atoms with E-state index in [9.17, 15) is 22.6 Å². The number of hydrogen-bond donors (Lipinski definition) is 4. The fourth-order valence-electron chi connectivity index (χ4n) is 1.62. The second kappa shape index (κ2) is 15.7. The maximum absolute atomic E-state index is 11.5. The van der Waals surface area contributed by atoms with Crippen LogP contribution in [0.25, 0.3) is 0 Å². The standard InChI is InChI=1S/C9H19NO4S.C7H15O5P.3CH4/c1-5-7(2)8(11)10-9(3,4)6-15(12,13)14;1-4-7(2,3)6(8)12-5-13(9,10)11;;;/h7H,5-6H2,1-4H3,(H,10,11)(H,12,13,14);4-5H2,1-3H3,(H2,9,10,11);3*1H4. The third-order valence-electron chi connectivity index (χ3n) is 3.87. The van der Waals surface area contributed by atoms with Crippen molar-refractivity contribution in [2.24, 2.45) is 11.3 Å². The van der Waals surface area contributed by atoms with Crippen LogP contribution in [-0.4, -0.2) is 52.3 Å². The molecule has 0 spiro atoms. The zero-order valence-corrected chi connectivity index (χ0v) is 19.3. The summed E-state index contributed by atoms with van der Waals surface area (Å²) in [5.41, 5.74) is -1.64. The van der Waals surface area contributed by atoms with Crippen molar-refractivity contribution >= 4 is 29.6 Å². The summed E-state index contributed by atoms with van der Waals surface area (Å²) in [7, 11) is -8.32. The maximum atomic E-state index is 11.5. The summed E-state index contributed by atoms with van der Waals surface area (Å²) in [5.74, 6) is -1.43. The highest BCUT2D eigenvalue weighted by atomic mass is 32.2. The Bertz CT molecular complexity index is 670. The van der Waals surface area contributed by atoms with Gasteiger partial charge in [0.2, 0.25) is 5.91 Å². The minimum absolute atomic E-state index is 0. The fourth-order valence-corrected chi connectivity index (χ4v) is 2.89. The molecule has 0 aromatic heterocycles. The fraction of sp³-hybridized carbons (Fsp3) is 0.895. The molecule has 0 bridgehead atoms. The van der Waals surface area contributed by atoms with E-state index in [1.54, 1.807) is 41.5 Å². The van der Waals surface area contributed by atoms with Gasteiger partial charge in [-0.25, -0.2) is 0 Å². The Kier molecular flexibility index (Phi) is 20.5. The quantitative estimate of drug-likeness (QED) is 0.211. The average molecular weight is 496 g/mol. The molecule has 12 heteroatoms. The monoisotopic (exact) mass is 495 g/mol.